The van der Waals surface area contributed by atoms with Crippen LogP contribution in [0.4, 0.5) is 0 Å². The Balaban J connectivity index is 1.72. The Morgan fingerprint density at radius 1 is 1.17 bits per heavy atom. The maximum Gasteiger partial charge on any atom is 0.230 e. The smallest absolute Gasteiger partial charge is 0.230 e. The summed E-state index contributed by atoms with van der Waals surface area (Å²) in [6.45, 7) is 13.0. The van der Waals surface area contributed by atoms with Gasteiger partial charge in [0.2, 0.25) is 5.91 Å². The van der Waals surface area contributed by atoms with Gasteiger partial charge in [0.15, 0.2) is 5.82 Å². The summed E-state index contributed by atoms with van der Waals surface area (Å²) in [6.07, 6.45) is 0.494. The van der Waals surface area contributed by atoms with Crippen molar-refractivity contribution >= 4 is 5.91 Å². The van der Waals surface area contributed by atoms with Gasteiger partial charge in [0.05, 0.1) is 25.2 Å². The standard InChI is InChI=1S/C15H28N6O2/c1-12(2)21-17-14(16-18-21)11-15(22)20-7-5-19(6-8-20)9-10-23-13(3)4/h12-13H,5-11H2,1-4H3. The van der Waals surface area contributed by atoms with E-state index in [1.165, 1.54) is 4.80 Å². The van der Waals surface area contributed by atoms with Crippen LogP contribution in [0.1, 0.15) is 39.6 Å². The van der Waals surface area contributed by atoms with Crippen LogP contribution in [0.3, 0.4) is 0 Å². The Bertz CT molecular complexity index is 494. The molecule has 130 valence electrons. The molecule has 1 fully saturated rings. The van der Waals surface area contributed by atoms with Gasteiger partial charge < -0.3 is 9.64 Å². The van der Waals surface area contributed by atoms with Crippen molar-refractivity contribution in [3.8, 4) is 0 Å². The maximum atomic E-state index is 12.3. The molecule has 2 rings (SSSR count). The first kappa shape index (κ1) is 17.8. The van der Waals surface area contributed by atoms with Crippen molar-refractivity contribution < 1.29 is 9.53 Å². The lowest BCUT2D eigenvalue weighted by Crippen LogP contribution is -2.49. The minimum Gasteiger partial charge on any atom is -0.377 e. The maximum absolute atomic E-state index is 12.3. The third-order valence-electron chi connectivity index (χ3n) is 3.82. The Hall–Kier alpha value is -1.54. The van der Waals surface area contributed by atoms with E-state index in [0.29, 0.717) is 5.82 Å². The third kappa shape index (κ3) is 5.54. The average molecular weight is 324 g/mol. The lowest BCUT2D eigenvalue weighted by molar-refractivity contribution is -0.132. The molecule has 0 bridgehead atoms. The van der Waals surface area contributed by atoms with E-state index >= 15 is 0 Å². The Morgan fingerprint density at radius 2 is 1.87 bits per heavy atom. The van der Waals surface area contributed by atoms with Gasteiger partial charge in [0.25, 0.3) is 0 Å². The first-order valence-corrected chi connectivity index (χ1v) is 8.36. The monoisotopic (exact) mass is 324 g/mol. The SMILES string of the molecule is CC(C)OCCN1CCN(C(=O)Cc2nnn(C(C)C)n2)CC1. The largest absolute Gasteiger partial charge is 0.377 e. The summed E-state index contributed by atoms with van der Waals surface area (Å²) in [6, 6.07) is 0.156. The second-order valence-electron chi connectivity index (χ2n) is 6.44. The topological polar surface area (TPSA) is 76.4 Å². The molecule has 0 aliphatic carbocycles. The van der Waals surface area contributed by atoms with Crippen LogP contribution < -0.4 is 0 Å². The summed E-state index contributed by atoms with van der Waals surface area (Å²) in [5.41, 5.74) is 0. The minimum absolute atomic E-state index is 0.0754. The number of hydrogen-bond acceptors (Lipinski definition) is 6. The van der Waals surface area contributed by atoms with Gasteiger partial charge in [-0.3, -0.25) is 9.69 Å². The fraction of sp³-hybridized carbons (Fsp3) is 0.867. The first-order chi connectivity index (χ1) is 11.0. The molecule has 1 saturated heterocycles. The Morgan fingerprint density at radius 3 is 2.43 bits per heavy atom. The van der Waals surface area contributed by atoms with E-state index in [1.54, 1.807) is 0 Å². The van der Waals surface area contributed by atoms with Crippen molar-refractivity contribution in [1.29, 1.82) is 0 Å². The zero-order valence-electron chi connectivity index (χ0n) is 14.6. The first-order valence-electron chi connectivity index (χ1n) is 8.36. The van der Waals surface area contributed by atoms with Gasteiger partial charge in [-0.25, -0.2) is 0 Å². The second-order valence-corrected chi connectivity index (χ2v) is 6.44. The molecule has 1 aromatic heterocycles. The molecule has 2 heterocycles. The van der Waals surface area contributed by atoms with Crippen molar-refractivity contribution in [3.05, 3.63) is 5.82 Å². The number of carbonyl (C=O) groups excluding carboxylic acids is 1. The van der Waals surface area contributed by atoms with Gasteiger partial charge in [-0.2, -0.15) is 4.80 Å². The Labute approximate surface area is 137 Å². The fourth-order valence-corrected chi connectivity index (χ4v) is 2.43. The number of carbonyl (C=O) groups is 1. The number of piperazine rings is 1. The summed E-state index contributed by atoms with van der Waals surface area (Å²) < 4.78 is 5.57. The summed E-state index contributed by atoms with van der Waals surface area (Å²) in [7, 11) is 0. The van der Waals surface area contributed by atoms with Crippen LogP contribution >= 0.6 is 0 Å². The second kappa shape index (κ2) is 8.35. The molecule has 1 aliphatic rings. The van der Waals surface area contributed by atoms with E-state index < -0.39 is 0 Å². The molecule has 0 atom stereocenters. The van der Waals surface area contributed by atoms with Crippen LogP contribution in [0.25, 0.3) is 0 Å². The molecule has 0 N–H and O–H groups in total. The molecule has 8 heteroatoms. The van der Waals surface area contributed by atoms with Crippen molar-refractivity contribution in [2.75, 3.05) is 39.3 Å². The van der Waals surface area contributed by atoms with Crippen LogP contribution in [0.5, 0.6) is 0 Å². The van der Waals surface area contributed by atoms with E-state index in [4.69, 9.17) is 4.74 Å². The molecule has 8 nitrogen and oxygen atoms in total. The van der Waals surface area contributed by atoms with Crippen LogP contribution in [0.2, 0.25) is 0 Å². The molecule has 1 aliphatic heterocycles. The van der Waals surface area contributed by atoms with Gasteiger partial charge in [-0.15, -0.1) is 10.2 Å². The predicted octanol–water partition coefficient (Wildman–Crippen LogP) is 0.366. The molecule has 0 saturated carbocycles. The highest BCUT2D eigenvalue weighted by Crippen LogP contribution is 2.05. The van der Waals surface area contributed by atoms with Crippen molar-refractivity contribution in [3.63, 3.8) is 0 Å². The summed E-state index contributed by atoms with van der Waals surface area (Å²) >= 11 is 0. The van der Waals surface area contributed by atoms with Crippen molar-refractivity contribution in [2.45, 2.75) is 46.3 Å². The van der Waals surface area contributed by atoms with Crippen LogP contribution in [0.15, 0.2) is 0 Å². The molecule has 23 heavy (non-hydrogen) atoms. The van der Waals surface area contributed by atoms with Gasteiger partial charge in [-0.1, -0.05) is 0 Å². The summed E-state index contributed by atoms with van der Waals surface area (Å²) in [4.78, 5) is 18.1. The highest BCUT2D eigenvalue weighted by molar-refractivity contribution is 5.78. The van der Waals surface area contributed by atoms with Gasteiger partial charge >= 0.3 is 0 Å². The van der Waals surface area contributed by atoms with Crippen molar-refractivity contribution in [1.82, 2.24) is 30.0 Å². The molecule has 0 unspecified atom stereocenters. The van der Waals surface area contributed by atoms with E-state index in [-0.39, 0.29) is 24.5 Å². The third-order valence-corrected chi connectivity index (χ3v) is 3.82. The lowest BCUT2D eigenvalue weighted by Gasteiger charge is -2.34. The van der Waals surface area contributed by atoms with Crippen molar-refractivity contribution in [2.24, 2.45) is 0 Å². The molecule has 1 aromatic rings. The molecule has 0 aromatic carbocycles. The number of rotatable bonds is 7. The number of amides is 1. The molecule has 1 amide bonds. The number of ether oxygens (including phenoxy) is 1. The van der Waals surface area contributed by atoms with Gasteiger partial charge in [-0.05, 0) is 32.9 Å². The van der Waals surface area contributed by atoms with E-state index in [2.05, 4.69) is 20.3 Å². The quantitative estimate of drug-likeness (QED) is 0.721. The summed E-state index contributed by atoms with van der Waals surface area (Å²) in [5, 5.41) is 12.1. The average Bonchev–Trinajstić information content (AvgIpc) is 2.96. The molecular formula is C15H28N6O2. The summed E-state index contributed by atoms with van der Waals surface area (Å²) in [5.74, 6) is 0.572. The molecular weight excluding hydrogens is 296 g/mol. The fourth-order valence-electron chi connectivity index (χ4n) is 2.43. The molecule has 0 spiro atoms. The highest BCUT2D eigenvalue weighted by atomic mass is 16.5. The van der Waals surface area contributed by atoms with Gasteiger partial charge in [0, 0.05) is 32.7 Å². The van der Waals surface area contributed by atoms with E-state index in [9.17, 15) is 4.79 Å². The number of aromatic nitrogens is 4. The highest BCUT2D eigenvalue weighted by Gasteiger charge is 2.22. The van der Waals surface area contributed by atoms with E-state index in [0.717, 1.165) is 39.3 Å². The minimum atomic E-state index is 0.0754. The Kier molecular flexibility index (Phi) is 6.47. The van der Waals surface area contributed by atoms with Gasteiger partial charge in [0.1, 0.15) is 0 Å². The van der Waals surface area contributed by atoms with Crippen LogP contribution in [-0.2, 0) is 16.0 Å². The van der Waals surface area contributed by atoms with Crippen LogP contribution in [-0.4, -0.2) is 81.3 Å². The van der Waals surface area contributed by atoms with Crippen LogP contribution in [0, 0.1) is 0 Å². The number of tetrazole rings is 1. The number of hydrogen-bond donors (Lipinski definition) is 0. The molecule has 0 radical (unpaired) electrons. The predicted molar refractivity (Wildman–Crippen MR) is 86.0 cm³/mol. The normalized spacial score (nSPS) is 16.5. The zero-order chi connectivity index (χ0) is 16.8. The zero-order valence-corrected chi connectivity index (χ0v) is 14.6. The lowest BCUT2D eigenvalue weighted by atomic mass is 10.2. The number of nitrogens with zero attached hydrogens (tertiary/aromatic N) is 6. The van der Waals surface area contributed by atoms with E-state index in [1.807, 2.05) is 32.6 Å².